The topological polar surface area (TPSA) is 0 Å². The van der Waals surface area contributed by atoms with Gasteiger partial charge < -0.3 is 0 Å². The van der Waals surface area contributed by atoms with E-state index in [1.807, 2.05) is 6.08 Å². The van der Waals surface area contributed by atoms with E-state index in [1.165, 1.54) is 24.0 Å². The lowest BCUT2D eigenvalue weighted by molar-refractivity contribution is 0.592. The first-order valence-electron chi connectivity index (χ1n) is 5.38. The summed E-state index contributed by atoms with van der Waals surface area (Å²) in [7, 11) is 0. The van der Waals surface area contributed by atoms with E-state index in [9.17, 15) is 0 Å². The van der Waals surface area contributed by atoms with Crippen LogP contribution in [-0.2, 0) is 0 Å². The van der Waals surface area contributed by atoms with Crippen molar-refractivity contribution in [1.82, 2.24) is 0 Å². The predicted octanol–water partition coefficient (Wildman–Crippen LogP) is 4.42. The molecule has 0 saturated heterocycles. The van der Waals surface area contributed by atoms with E-state index >= 15 is 0 Å². The molecule has 1 rings (SSSR count). The van der Waals surface area contributed by atoms with Crippen LogP contribution in [0.4, 0.5) is 0 Å². The predicted molar refractivity (Wildman–Crippen MR) is 64.2 cm³/mol. The van der Waals surface area contributed by atoms with Crippen molar-refractivity contribution in [3.63, 3.8) is 0 Å². The summed E-state index contributed by atoms with van der Waals surface area (Å²) >= 11 is 0. The highest BCUT2D eigenvalue weighted by atomic mass is 14.1. The molecular weight excluding hydrogens is 168 g/mol. The SMILES string of the molecule is C=CC(=CC)CC1C=CC=C(C)CC1. The number of hydrogen-bond donors (Lipinski definition) is 0. The number of rotatable bonds is 3. The number of hydrogen-bond acceptors (Lipinski definition) is 0. The van der Waals surface area contributed by atoms with Gasteiger partial charge in [-0.25, -0.2) is 0 Å². The van der Waals surface area contributed by atoms with Crippen molar-refractivity contribution in [3.05, 3.63) is 48.1 Å². The summed E-state index contributed by atoms with van der Waals surface area (Å²) in [6.45, 7) is 8.12. The molecule has 0 aliphatic heterocycles. The largest absolute Gasteiger partial charge is 0.0988 e. The van der Waals surface area contributed by atoms with Gasteiger partial charge in [0.15, 0.2) is 0 Å². The highest BCUT2D eigenvalue weighted by Gasteiger charge is 2.08. The van der Waals surface area contributed by atoms with Gasteiger partial charge in [-0.1, -0.05) is 48.1 Å². The van der Waals surface area contributed by atoms with Crippen LogP contribution in [0.25, 0.3) is 0 Å². The summed E-state index contributed by atoms with van der Waals surface area (Å²) in [6, 6.07) is 0. The van der Waals surface area contributed by atoms with E-state index in [1.54, 1.807) is 0 Å². The van der Waals surface area contributed by atoms with Crippen molar-refractivity contribution in [1.29, 1.82) is 0 Å². The summed E-state index contributed by atoms with van der Waals surface area (Å²) in [5.74, 6) is 0.688. The zero-order valence-corrected chi connectivity index (χ0v) is 9.29. The van der Waals surface area contributed by atoms with Gasteiger partial charge >= 0.3 is 0 Å². The normalized spacial score (nSPS) is 22.9. The molecule has 0 heterocycles. The quantitative estimate of drug-likeness (QED) is 0.575. The van der Waals surface area contributed by atoms with Crippen molar-refractivity contribution in [2.75, 3.05) is 0 Å². The van der Waals surface area contributed by atoms with Gasteiger partial charge in [0.25, 0.3) is 0 Å². The van der Waals surface area contributed by atoms with Crippen molar-refractivity contribution in [2.45, 2.75) is 33.1 Å². The summed E-state index contributed by atoms with van der Waals surface area (Å²) in [5.41, 5.74) is 2.85. The summed E-state index contributed by atoms with van der Waals surface area (Å²) in [6.07, 6.45) is 14.5. The molecule has 0 spiro atoms. The Morgan fingerprint density at radius 3 is 3.07 bits per heavy atom. The minimum absolute atomic E-state index is 0.688. The van der Waals surface area contributed by atoms with Crippen LogP contribution in [-0.4, -0.2) is 0 Å². The van der Waals surface area contributed by atoms with E-state index in [4.69, 9.17) is 0 Å². The molecular formula is C14H20. The Balaban J connectivity index is 2.52. The molecule has 0 N–H and O–H groups in total. The molecule has 0 saturated carbocycles. The summed E-state index contributed by atoms with van der Waals surface area (Å²) in [5, 5.41) is 0. The molecule has 0 aromatic heterocycles. The molecule has 0 nitrogen and oxygen atoms in total. The Morgan fingerprint density at radius 2 is 2.43 bits per heavy atom. The maximum Gasteiger partial charge on any atom is -0.0187 e. The van der Waals surface area contributed by atoms with Gasteiger partial charge in [-0.3, -0.25) is 0 Å². The van der Waals surface area contributed by atoms with Gasteiger partial charge in [-0.2, -0.15) is 0 Å². The third-order valence-corrected chi connectivity index (χ3v) is 2.80. The van der Waals surface area contributed by atoms with E-state index in [0.29, 0.717) is 5.92 Å². The van der Waals surface area contributed by atoms with Gasteiger partial charge in [0, 0.05) is 0 Å². The molecule has 1 atom stereocenters. The third kappa shape index (κ3) is 3.37. The van der Waals surface area contributed by atoms with Crippen LogP contribution in [0, 0.1) is 5.92 Å². The first-order valence-corrected chi connectivity index (χ1v) is 5.38. The molecule has 0 amide bonds. The Labute approximate surface area is 87.7 Å². The fraction of sp³-hybridized carbons (Fsp3) is 0.429. The second kappa shape index (κ2) is 5.64. The van der Waals surface area contributed by atoms with Crippen LogP contribution >= 0.6 is 0 Å². The zero-order valence-electron chi connectivity index (χ0n) is 9.29. The fourth-order valence-electron chi connectivity index (χ4n) is 1.76. The monoisotopic (exact) mass is 188 g/mol. The molecule has 76 valence electrons. The van der Waals surface area contributed by atoms with Gasteiger partial charge in [0.1, 0.15) is 0 Å². The van der Waals surface area contributed by atoms with Crippen molar-refractivity contribution in [2.24, 2.45) is 5.92 Å². The highest BCUT2D eigenvalue weighted by molar-refractivity contribution is 5.20. The second-order valence-electron chi connectivity index (χ2n) is 3.97. The zero-order chi connectivity index (χ0) is 10.4. The molecule has 1 unspecified atom stereocenters. The first-order chi connectivity index (χ1) is 6.76. The molecule has 1 aliphatic rings. The molecule has 0 heteroatoms. The van der Waals surface area contributed by atoms with Gasteiger partial charge in [-0.05, 0) is 39.0 Å². The van der Waals surface area contributed by atoms with Crippen LogP contribution in [0.5, 0.6) is 0 Å². The van der Waals surface area contributed by atoms with Crippen LogP contribution < -0.4 is 0 Å². The Morgan fingerprint density at radius 1 is 1.64 bits per heavy atom. The average Bonchev–Trinajstić information content (AvgIpc) is 2.40. The minimum Gasteiger partial charge on any atom is -0.0988 e. The van der Waals surface area contributed by atoms with Crippen LogP contribution in [0.1, 0.15) is 33.1 Å². The summed E-state index contributed by atoms with van der Waals surface area (Å²) in [4.78, 5) is 0. The lowest BCUT2D eigenvalue weighted by atomic mass is 9.94. The van der Waals surface area contributed by atoms with E-state index in [-0.39, 0.29) is 0 Å². The maximum atomic E-state index is 3.83. The van der Waals surface area contributed by atoms with E-state index < -0.39 is 0 Å². The maximum absolute atomic E-state index is 3.83. The van der Waals surface area contributed by atoms with Gasteiger partial charge in [0.05, 0.1) is 0 Å². The van der Waals surface area contributed by atoms with Crippen LogP contribution in [0.3, 0.4) is 0 Å². The lowest BCUT2D eigenvalue weighted by Gasteiger charge is -2.11. The van der Waals surface area contributed by atoms with Crippen molar-refractivity contribution < 1.29 is 0 Å². The molecule has 14 heavy (non-hydrogen) atoms. The third-order valence-electron chi connectivity index (χ3n) is 2.80. The molecule has 0 bridgehead atoms. The Hall–Kier alpha value is -1.04. The molecule has 0 radical (unpaired) electrons. The smallest absolute Gasteiger partial charge is 0.0187 e. The first kappa shape index (κ1) is 11.0. The molecule has 0 aromatic rings. The van der Waals surface area contributed by atoms with E-state index in [0.717, 1.165) is 6.42 Å². The Kier molecular flexibility index (Phi) is 4.45. The standard InChI is InChI=1S/C14H20/c1-4-13(5-2)11-14-8-6-7-12(3)9-10-14/h4-8,14H,1,9-11H2,2-3H3. The molecule has 0 aromatic carbocycles. The van der Waals surface area contributed by atoms with Gasteiger partial charge in [0.2, 0.25) is 0 Å². The minimum atomic E-state index is 0.688. The summed E-state index contributed by atoms with van der Waals surface area (Å²) < 4.78 is 0. The highest BCUT2D eigenvalue weighted by Crippen LogP contribution is 2.23. The fourth-order valence-corrected chi connectivity index (χ4v) is 1.76. The lowest BCUT2D eigenvalue weighted by Crippen LogP contribution is -1.97. The average molecular weight is 188 g/mol. The van der Waals surface area contributed by atoms with Gasteiger partial charge in [-0.15, -0.1) is 0 Å². The molecule has 0 fully saturated rings. The van der Waals surface area contributed by atoms with Crippen molar-refractivity contribution in [3.8, 4) is 0 Å². The number of allylic oxidation sites excluding steroid dienone is 7. The van der Waals surface area contributed by atoms with Crippen molar-refractivity contribution >= 4 is 0 Å². The Bertz CT molecular complexity index is 276. The molecule has 1 aliphatic carbocycles. The second-order valence-corrected chi connectivity index (χ2v) is 3.97. The van der Waals surface area contributed by atoms with E-state index in [2.05, 4.69) is 44.7 Å². The van der Waals surface area contributed by atoms with Crippen LogP contribution in [0.2, 0.25) is 0 Å². The van der Waals surface area contributed by atoms with Crippen LogP contribution in [0.15, 0.2) is 48.1 Å².